The highest BCUT2D eigenvalue weighted by atomic mass is 32.2. The van der Waals surface area contributed by atoms with Crippen molar-refractivity contribution in [1.82, 2.24) is 19.2 Å². The molecular weight excluding hydrogens is 448 g/mol. The summed E-state index contributed by atoms with van der Waals surface area (Å²) < 4.78 is 2.81. The minimum atomic E-state index is -0.341. The van der Waals surface area contributed by atoms with E-state index in [4.69, 9.17) is 4.98 Å². The van der Waals surface area contributed by atoms with Gasteiger partial charge in [-0.25, -0.2) is 18.9 Å². The Labute approximate surface area is 202 Å². The molecule has 0 aliphatic carbocycles. The van der Waals surface area contributed by atoms with Gasteiger partial charge in [0.1, 0.15) is 6.54 Å². The Kier molecular flexibility index (Phi) is 6.53. The van der Waals surface area contributed by atoms with E-state index in [1.807, 2.05) is 60.3 Å². The van der Waals surface area contributed by atoms with Crippen LogP contribution in [0.5, 0.6) is 0 Å². The number of rotatable bonds is 7. The third kappa shape index (κ3) is 4.52. The minimum Gasteiger partial charge on any atom is -0.352 e. The first-order chi connectivity index (χ1) is 16.6. The number of fused-ring (bicyclic) bond motifs is 3. The summed E-state index contributed by atoms with van der Waals surface area (Å²) in [6.07, 6.45) is 3.32. The molecule has 0 radical (unpaired) electrons. The predicted octanol–water partition coefficient (Wildman–Crippen LogP) is 3.58. The molecule has 1 N–H and O–H groups in total. The molecule has 8 nitrogen and oxygen atoms in total. The number of unbranched alkanes of at least 4 members (excludes halogenated alkanes) is 1. The molecule has 2 aromatic heterocycles. The number of amides is 1. The van der Waals surface area contributed by atoms with Crippen molar-refractivity contribution in [2.24, 2.45) is 0 Å². The Bertz CT molecular complexity index is 1370. The van der Waals surface area contributed by atoms with E-state index in [0.717, 1.165) is 49.4 Å². The van der Waals surface area contributed by atoms with Crippen LogP contribution in [0.1, 0.15) is 25.3 Å². The van der Waals surface area contributed by atoms with Crippen LogP contribution in [0.2, 0.25) is 0 Å². The van der Waals surface area contributed by atoms with Crippen molar-refractivity contribution < 1.29 is 4.79 Å². The lowest BCUT2D eigenvalue weighted by Gasteiger charge is -2.27. The summed E-state index contributed by atoms with van der Waals surface area (Å²) in [6.45, 7) is 3.70. The van der Waals surface area contributed by atoms with Crippen LogP contribution < -0.4 is 15.9 Å². The first-order valence-corrected chi connectivity index (χ1v) is 12.9. The number of nitrogens with zero attached hydrogens (tertiary/aromatic N) is 5. The Morgan fingerprint density at radius 2 is 1.85 bits per heavy atom. The molecule has 1 saturated heterocycles. The molecule has 0 spiro atoms. The summed E-state index contributed by atoms with van der Waals surface area (Å²) in [4.78, 5) is 33.1. The van der Waals surface area contributed by atoms with E-state index in [0.29, 0.717) is 22.7 Å². The predicted molar refractivity (Wildman–Crippen MR) is 138 cm³/mol. The molecule has 1 aliphatic heterocycles. The molecule has 1 aliphatic rings. The first kappa shape index (κ1) is 22.5. The van der Waals surface area contributed by atoms with Crippen LogP contribution in [0.4, 0.5) is 11.5 Å². The Morgan fingerprint density at radius 3 is 2.62 bits per heavy atom. The van der Waals surface area contributed by atoms with Crippen LogP contribution in [0, 0.1) is 0 Å². The van der Waals surface area contributed by atoms with E-state index in [9.17, 15) is 9.59 Å². The molecule has 1 amide bonds. The molecule has 0 atom stereocenters. The van der Waals surface area contributed by atoms with Gasteiger partial charge in [0.05, 0.1) is 11.0 Å². The van der Waals surface area contributed by atoms with E-state index in [2.05, 4.69) is 22.2 Å². The summed E-state index contributed by atoms with van der Waals surface area (Å²) in [6, 6.07) is 15.4. The largest absolute Gasteiger partial charge is 0.352 e. The molecule has 2 aromatic carbocycles. The van der Waals surface area contributed by atoms with Crippen molar-refractivity contribution >= 4 is 45.9 Å². The Balaban J connectivity index is 1.44. The van der Waals surface area contributed by atoms with Crippen LogP contribution in [-0.4, -0.2) is 49.7 Å². The fourth-order valence-electron chi connectivity index (χ4n) is 4.24. The van der Waals surface area contributed by atoms with E-state index < -0.39 is 0 Å². The molecule has 0 saturated carbocycles. The number of hydrogen-bond donors (Lipinski definition) is 1. The topological polar surface area (TPSA) is 84.5 Å². The SMILES string of the molecule is CCCCc1ccc(NC(=O)Cn2nc3c(N4CCSCC4)nc4ccccc4n3c2=O)cc1. The number of aryl methyl sites for hydroxylation is 1. The number of carbonyl (C=O) groups excluding carboxylic acids is 1. The zero-order valence-electron chi connectivity index (χ0n) is 19.2. The maximum absolute atomic E-state index is 13.3. The second-order valence-corrected chi connectivity index (χ2v) is 9.70. The average molecular weight is 477 g/mol. The molecule has 5 rings (SSSR count). The number of anilines is 2. The fraction of sp³-hybridized carbons (Fsp3) is 0.360. The highest BCUT2D eigenvalue weighted by Gasteiger charge is 2.22. The van der Waals surface area contributed by atoms with Crippen molar-refractivity contribution in [2.45, 2.75) is 32.7 Å². The van der Waals surface area contributed by atoms with Crippen LogP contribution in [0.3, 0.4) is 0 Å². The van der Waals surface area contributed by atoms with Crippen LogP contribution >= 0.6 is 11.8 Å². The lowest BCUT2D eigenvalue weighted by Crippen LogP contribution is -2.33. The smallest absolute Gasteiger partial charge is 0.351 e. The molecule has 0 bridgehead atoms. The minimum absolute atomic E-state index is 0.165. The number of aromatic nitrogens is 4. The summed E-state index contributed by atoms with van der Waals surface area (Å²) in [5.41, 5.74) is 3.53. The standard InChI is InChI=1S/C25H28N6O2S/c1-2-3-6-18-9-11-19(12-10-18)26-22(32)17-30-25(33)31-21-8-5-4-7-20(21)27-23(24(31)28-30)29-13-15-34-16-14-29/h4-5,7-12H,2-3,6,13-17H2,1H3,(H,26,32). The summed E-state index contributed by atoms with van der Waals surface area (Å²) >= 11 is 1.91. The van der Waals surface area contributed by atoms with Crippen molar-refractivity contribution in [3.05, 3.63) is 64.6 Å². The third-order valence-electron chi connectivity index (χ3n) is 6.05. The van der Waals surface area contributed by atoms with Gasteiger partial charge >= 0.3 is 5.69 Å². The summed E-state index contributed by atoms with van der Waals surface area (Å²) in [5, 5.41) is 7.45. The first-order valence-electron chi connectivity index (χ1n) is 11.7. The summed E-state index contributed by atoms with van der Waals surface area (Å²) in [5.74, 6) is 2.41. The molecule has 9 heteroatoms. The lowest BCUT2D eigenvalue weighted by molar-refractivity contribution is -0.117. The van der Waals surface area contributed by atoms with Gasteiger partial charge in [-0.1, -0.05) is 37.6 Å². The zero-order chi connectivity index (χ0) is 23.5. The second-order valence-electron chi connectivity index (χ2n) is 8.47. The normalized spacial score (nSPS) is 14.1. The van der Waals surface area contributed by atoms with Gasteiger partial charge in [0.25, 0.3) is 0 Å². The molecule has 1 fully saturated rings. The van der Waals surface area contributed by atoms with Crippen LogP contribution in [0.15, 0.2) is 53.3 Å². The Morgan fingerprint density at radius 1 is 1.09 bits per heavy atom. The number of para-hydroxylation sites is 2. The zero-order valence-corrected chi connectivity index (χ0v) is 20.1. The number of nitrogens with one attached hydrogen (secondary N) is 1. The molecule has 4 aromatic rings. The van der Waals surface area contributed by atoms with E-state index in [1.165, 1.54) is 10.2 Å². The molecule has 0 unspecified atom stereocenters. The number of hydrogen-bond acceptors (Lipinski definition) is 6. The quantitative estimate of drug-likeness (QED) is 0.439. The summed E-state index contributed by atoms with van der Waals surface area (Å²) in [7, 11) is 0. The van der Waals surface area contributed by atoms with Gasteiger partial charge in [0, 0.05) is 30.3 Å². The van der Waals surface area contributed by atoms with Crippen LogP contribution in [-0.2, 0) is 17.8 Å². The van der Waals surface area contributed by atoms with Gasteiger partial charge in [0.2, 0.25) is 11.6 Å². The van der Waals surface area contributed by atoms with Crippen molar-refractivity contribution in [3.63, 3.8) is 0 Å². The van der Waals surface area contributed by atoms with Crippen LogP contribution in [0.25, 0.3) is 16.7 Å². The maximum Gasteiger partial charge on any atom is 0.351 e. The van der Waals surface area contributed by atoms with Gasteiger partial charge in [-0.2, -0.15) is 11.8 Å². The second kappa shape index (κ2) is 9.89. The van der Waals surface area contributed by atoms with Gasteiger partial charge < -0.3 is 10.2 Å². The number of thioether (sulfide) groups is 1. The van der Waals surface area contributed by atoms with Gasteiger partial charge in [0.15, 0.2) is 5.82 Å². The van der Waals surface area contributed by atoms with Gasteiger partial charge in [-0.15, -0.1) is 5.10 Å². The van der Waals surface area contributed by atoms with Gasteiger partial charge in [-0.3, -0.25) is 4.79 Å². The highest BCUT2D eigenvalue weighted by molar-refractivity contribution is 7.99. The monoisotopic (exact) mass is 476 g/mol. The van der Waals surface area contributed by atoms with E-state index in [1.54, 1.807) is 4.40 Å². The third-order valence-corrected chi connectivity index (χ3v) is 6.99. The van der Waals surface area contributed by atoms with Crippen molar-refractivity contribution in [3.8, 4) is 0 Å². The van der Waals surface area contributed by atoms with E-state index in [-0.39, 0.29) is 18.1 Å². The van der Waals surface area contributed by atoms with Crippen molar-refractivity contribution in [2.75, 3.05) is 34.8 Å². The average Bonchev–Trinajstić information content (AvgIpc) is 3.19. The molecular formula is C25H28N6O2S. The number of benzene rings is 2. The van der Waals surface area contributed by atoms with Gasteiger partial charge in [-0.05, 0) is 42.7 Å². The van der Waals surface area contributed by atoms with E-state index >= 15 is 0 Å². The number of carbonyl (C=O) groups is 1. The lowest BCUT2D eigenvalue weighted by atomic mass is 10.1. The molecule has 34 heavy (non-hydrogen) atoms. The van der Waals surface area contributed by atoms with Crippen molar-refractivity contribution in [1.29, 1.82) is 0 Å². The Hall–Kier alpha value is -3.33. The highest BCUT2D eigenvalue weighted by Crippen LogP contribution is 2.24. The maximum atomic E-state index is 13.3. The molecule has 3 heterocycles. The molecule has 176 valence electrons. The fourth-order valence-corrected chi connectivity index (χ4v) is 5.15.